The van der Waals surface area contributed by atoms with E-state index in [0.29, 0.717) is 0 Å². The summed E-state index contributed by atoms with van der Waals surface area (Å²) in [4.78, 5) is 14.1. The lowest BCUT2D eigenvalue weighted by Gasteiger charge is -2.21. The maximum Gasteiger partial charge on any atom is 0.118 e. The first kappa shape index (κ1) is 39.7. The summed E-state index contributed by atoms with van der Waals surface area (Å²) >= 11 is 1.84. The highest BCUT2D eigenvalue weighted by molar-refractivity contribution is 7.21. The smallest absolute Gasteiger partial charge is 0.118 e. The lowest BCUT2D eigenvalue weighted by molar-refractivity contribution is 0.415. The molecule has 0 radical (unpaired) electrons. The molecule has 2 aliphatic rings. The number of ether oxygens (including phenoxy) is 2. The predicted octanol–water partition coefficient (Wildman–Crippen LogP) is 16.4. The topological polar surface area (TPSA) is 44.2 Å². The Morgan fingerprint density at radius 1 is 0.358 bits per heavy atom. The van der Waals surface area contributed by atoms with Crippen LogP contribution < -0.4 is 9.47 Å². The average Bonchev–Trinajstić information content (AvgIpc) is 3.95. The molecular formula is C62H46N2O2S. The van der Waals surface area contributed by atoms with Crippen molar-refractivity contribution in [3.63, 3.8) is 0 Å². The van der Waals surface area contributed by atoms with E-state index in [-0.39, 0.29) is 10.8 Å². The molecule has 0 N–H and O–H groups in total. The van der Waals surface area contributed by atoms with Gasteiger partial charge in [0.15, 0.2) is 0 Å². The molecule has 13 rings (SSSR count). The van der Waals surface area contributed by atoms with Crippen LogP contribution in [0.2, 0.25) is 0 Å². The molecular weight excluding hydrogens is 837 g/mol. The lowest BCUT2D eigenvalue weighted by atomic mass is 9.82. The Morgan fingerprint density at radius 3 is 1.15 bits per heavy atom. The summed E-state index contributed by atoms with van der Waals surface area (Å²) in [7, 11) is 3.42. The van der Waals surface area contributed by atoms with Crippen molar-refractivity contribution in [2.24, 2.45) is 0 Å². The Morgan fingerprint density at radius 2 is 0.731 bits per heavy atom. The number of hydrogen-bond donors (Lipinski definition) is 0. The van der Waals surface area contributed by atoms with Gasteiger partial charge in [-0.1, -0.05) is 161 Å². The minimum Gasteiger partial charge on any atom is -0.497 e. The monoisotopic (exact) mass is 882 g/mol. The second kappa shape index (κ2) is 14.4. The van der Waals surface area contributed by atoms with Gasteiger partial charge < -0.3 is 9.47 Å². The van der Waals surface area contributed by atoms with Crippen LogP contribution >= 0.6 is 11.3 Å². The molecule has 0 aliphatic heterocycles. The van der Waals surface area contributed by atoms with Crippen molar-refractivity contribution in [3.8, 4) is 76.9 Å². The van der Waals surface area contributed by atoms with Crippen molar-refractivity contribution in [1.29, 1.82) is 0 Å². The standard InChI is InChI=1S/C62H46N2O2S/c1-61(2)49-17-9-7-13-43(49)53-45(15-11-19-51(53)61)59-57-58(60(67-59)46-16-12-20-52-54(46)44-14-8-10-18-50(44)62(52,3)4)64-56-42-32-26-38(36-23-29-40(66-6)30-24-36)34-48(42)47-33-37(25-31-41(47)55(56)63-57)35-21-27-39(65-5)28-22-35/h7-34H,1-6H3. The first-order valence-corrected chi connectivity index (χ1v) is 23.9. The predicted molar refractivity (Wildman–Crippen MR) is 280 cm³/mol. The van der Waals surface area contributed by atoms with Crippen LogP contribution in [-0.4, -0.2) is 24.2 Å². The molecule has 2 aromatic heterocycles. The van der Waals surface area contributed by atoms with Gasteiger partial charge in [0.05, 0.1) is 35.0 Å². The number of rotatable bonds is 6. The van der Waals surface area contributed by atoms with Gasteiger partial charge in [0.2, 0.25) is 0 Å². The van der Waals surface area contributed by atoms with Crippen molar-refractivity contribution in [1.82, 2.24) is 9.97 Å². The molecule has 9 aromatic carbocycles. The molecule has 0 unspecified atom stereocenters. The molecule has 0 saturated heterocycles. The third kappa shape index (κ3) is 5.71. The van der Waals surface area contributed by atoms with E-state index in [1.54, 1.807) is 14.2 Å². The average molecular weight is 883 g/mol. The summed E-state index contributed by atoms with van der Waals surface area (Å²) < 4.78 is 11.1. The van der Waals surface area contributed by atoms with Crippen LogP contribution in [0.25, 0.3) is 109 Å². The zero-order chi connectivity index (χ0) is 45.3. The SMILES string of the molecule is COc1ccc(-c2ccc3c(c2)c2cc(-c4ccc(OC)cc4)ccc2c2nc4c(-c5cccc6c5-c5ccccc5C6(C)C)sc(-c5cccc6c5-c5ccccc5C6(C)C)c4nc32)cc1. The summed E-state index contributed by atoms with van der Waals surface area (Å²) in [6.45, 7) is 9.43. The van der Waals surface area contributed by atoms with E-state index in [1.165, 1.54) is 55.6 Å². The molecule has 0 bridgehead atoms. The van der Waals surface area contributed by atoms with E-state index in [1.807, 2.05) is 35.6 Å². The van der Waals surface area contributed by atoms with Gasteiger partial charge in [0.1, 0.15) is 22.5 Å². The van der Waals surface area contributed by atoms with Crippen LogP contribution in [0.4, 0.5) is 0 Å². The van der Waals surface area contributed by atoms with Crippen LogP contribution in [0.5, 0.6) is 11.5 Å². The Balaban J connectivity index is 1.15. The zero-order valence-corrected chi connectivity index (χ0v) is 39.1. The van der Waals surface area contributed by atoms with E-state index in [0.717, 1.165) is 87.1 Å². The largest absolute Gasteiger partial charge is 0.497 e. The molecule has 0 saturated carbocycles. The molecule has 4 nitrogen and oxygen atoms in total. The highest BCUT2D eigenvalue weighted by atomic mass is 32.1. The minimum atomic E-state index is -0.146. The van der Waals surface area contributed by atoms with Gasteiger partial charge in [-0.2, -0.15) is 0 Å². The third-order valence-corrected chi connectivity index (χ3v) is 16.2. The molecule has 67 heavy (non-hydrogen) atoms. The first-order chi connectivity index (χ1) is 32.6. The van der Waals surface area contributed by atoms with E-state index in [9.17, 15) is 0 Å². The molecule has 0 atom stereocenters. The maximum absolute atomic E-state index is 5.90. The highest BCUT2D eigenvalue weighted by Gasteiger charge is 2.39. The summed E-state index contributed by atoms with van der Waals surface area (Å²) in [5.41, 5.74) is 20.8. The lowest BCUT2D eigenvalue weighted by Crippen LogP contribution is -2.14. The molecule has 5 heteroatoms. The minimum absolute atomic E-state index is 0.146. The number of hydrogen-bond acceptors (Lipinski definition) is 5. The van der Waals surface area contributed by atoms with Crippen molar-refractivity contribution < 1.29 is 9.47 Å². The van der Waals surface area contributed by atoms with Crippen molar-refractivity contribution in [3.05, 3.63) is 192 Å². The van der Waals surface area contributed by atoms with Crippen LogP contribution in [0, 0.1) is 0 Å². The number of fused-ring (bicyclic) bond motifs is 13. The molecule has 322 valence electrons. The Bertz CT molecular complexity index is 3630. The fourth-order valence-electron chi connectivity index (χ4n) is 11.5. The van der Waals surface area contributed by atoms with Gasteiger partial charge in [-0.15, -0.1) is 11.3 Å². The Hall–Kier alpha value is -7.60. The van der Waals surface area contributed by atoms with Crippen LogP contribution in [-0.2, 0) is 10.8 Å². The van der Waals surface area contributed by atoms with Gasteiger partial charge >= 0.3 is 0 Å². The van der Waals surface area contributed by atoms with E-state index >= 15 is 0 Å². The summed E-state index contributed by atoms with van der Waals surface area (Å²) in [5.74, 6) is 1.67. The quantitative estimate of drug-likeness (QED) is 0.156. The number of thiophene rings is 1. The zero-order valence-electron chi connectivity index (χ0n) is 38.3. The Labute approximate surface area is 394 Å². The van der Waals surface area contributed by atoms with Crippen LogP contribution in [0.3, 0.4) is 0 Å². The normalized spacial score (nSPS) is 14.1. The fraction of sp³-hybridized carbons (Fsp3) is 0.129. The molecule has 0 spiro atoms. The van der Waals surface area contributed by atoms with E-state index in [2.05, 4.69) is 173 Å². The van der Waals surface area contributed by atoms with Crippen LogP contribution in [0.1, 0.15) is 49.9 Å². The summed E-state index contributed by atoms with van der Waals surface area (Å²) in [6.07, 6.45) is 0. The number of benzene rings is 9. The van der Waals surface area contributed by atoms with Gasteiger partial charge in [-0.05, 0) is 114 Å². The number of nitrogens with zero attached hydrogens (tertiary/aromatic N) is 2. The molecule has 2 aliphatic carbocycles. The van der Waals surface area contributed by atoms with Crippen molar-refractivity contribution in [2.75, 3.05) is 14.2 Å². The second-order valence-corrected chi connectivity index (χ2v) is 20.2. The van der Waals surface area contributed by atoms with Gasteiger partial charge in [0, 0.05) is 32.7 Å². The molecule has 11 aromatic rings. The van der Waals surface area contributed by atoms with Gasteiger partial charge in [-0.3, -0.25) is 0 Å². The number of methoxy groups -OCH3 is 2. The van der Waals surface area contributed by atoms with Crippen LogP contribution in [0.15, 0.2) is 170 Å². The van der Waals surface area contributed by atoms with Crippen molar-refractivity contribution in [2.45, 2.75) is 38.5 Å². The third-order valence-electron chi connectivity index (χ3n) is 14.9. The molecule has 0 fully saturated rings. The summed E-state index contributed by atoms with van der Waals surface area (Å²) in [6, 6.07) is 61.9. The molecule has 0 amide bonds. The van der Waals surface area contributed by atoms with E-state index in [4.69, 9.17) is 19.4 Å². The maximum atomic E-state index is 5.90. The van der Waals surface area contributed by atoms with Gasteiger partial charge in [-0.25, -0.2) is 9.97 Å². The fourth-order valence-corrected chi connectivity index (χ4v) is 12.7. The van der Waals surface area contributed by atoms with Gasteiger partial charge in [0.25, 0.3) is 0 Å². The van der Waals surface area contributed by atoms with E-state index < -0.39 is 0 Å². The molecule has 2 heterocycles. The van der Waals surface area contributed by atoms with Crippen molar-refractivity contribution >= 4 is 54.9 Å². The highest BCUT2D eigenvalue weighted by Crippen LogP contribution is 2.58. The second-order valence-electron chi connectivity index (χ2n) is 19.2. The first-order valence-electron chi connectivity index (χ1n) is 23.0. The Kier molecular flexibility index (Phi) is 8.57. The number of aromatic nitrogens is 2. The summed E-state index contributed by atoms with van der Waals surface area (Å²) in [5, 5.41) is 4.40.